The van der Waals surface area contributed by atoms with Crippen molar-refractivity contribution in [2.45, 2.75) is 19.0 Å². The maximum atomic E-state index is 12.9. The molecule has 0 saturated heterocycles. The van der Waals surface area contributed by atoms with E-state index in [2.05, 4.69) is 0 Å². The van der Waals surface area contributed by atoms with Crippen LogP contribution in [0.25, 0.3) is 0 Å². The van der Waals surface area contributed by atoms with E-state index in [1.165, 1.54) is 36.3 Å². The summed E-state index contributed by atoms with van der Waals surface area (Å²) in [5, 5.41) is 0. The Morgan fingerprint density at radius 1 is 1.03 bits per heavy atom. The van der Waals surface area contributed by atoms with Crippen LogP contribution in [0.1, 0.15) is 11.1 Å². The zero-order valence-electron chi connectivity index (χ0n) is 15.8. The minimum absolute atomic E-state index is 0.221. The predicted octanol–water partition coefficient (Wildman–Crippen LogP) is 1.87. The van der Waals surface area contributed by atoms with Gasteiger partial charge in [-0.1, -0.05) is 24.3 Å². The highest BCUT2D eigenvalue weighted by Gasteiger charge is 2.35. The molecule has 152 valence electrons. The average Bonchev–Trinajstić information content (AvgIpc) is 2.75. The zero-order chi connectivity index (χ0) is 20.8. The fraction of sp³-hybridized carbons (Fsp3) is 0.286. The van der Waals surface area contributed by atoms with Crippen molar-refractivity contribution in [3.63, 3.8) is 0 Å². The molecule has 2 aromatic rings. The summed E-state index contributed by atoms with van der Waals surface area (Å²) in [6.07, 6.45) is 0.330. The topological polar surface area (TPSA) is 82.1 Å². The van der Waals surface area contributed by atoms with Gasteiger partial charge in [-0.2, -0.15) is 0 Å². The number of amides is 1. The van der Waals surface area contributed by atoms with E-state index in [0.717, 1.165) is 11.1 Å². The number of benzene rings is 2. The molecule has 0 radical (unpaired) electrons. The van der Waals surface area contributed by atoms with Crippen molar-refractivity contribution < 1.29 is 33.0 Å². The van der Waals surface area contributed by atoms with Gasteiger partial charge in [-0.3, -0.25) is 4.79 Å². The van der Waals surface area contributed by atoms with Crippen LogP contribution >= 0.6 is 0 Å². The summed E-state index contributed by atoms with van der Waals surface area (Å²) in [5.41, 5.74) is 1.89. The first-order chi connectivity index (χ1) is 14.0. The van der Waals surface area contributed by atoms with Crippen LogP contribution in [0.15, 0.2) is 48.5 Å². The second kappa shape index (κ2) is 9.18. The first-order valence-corrected chi connectivity index (χ1v) is 8.96. The van der Waals surface area contributed by atoms with Crippen LogP contribution < -0.4 is 4.74 Å². The molecule has 0 aromatic heterocycles. The average molecular weight is 401 g/mol. The summed E-state index contributed by atoms with van der Waals surface area (Å²) in [6.45, 7) is -0.734. The SMILES string of the molecule is COC(=O)[C@@H]1Cc2ccccc2CN1C(=O)COC(=O)COc1ccc(F)cc1. The largest absolute Gasteiger partial charge is 0.482 e. The summed E-state index contributed by atoms with van der Waals surface area (Å²) >= 11 is 0. The quantitative estimate of drug-likeness (QED) is 0.688. The fourth-order valence-corrected chi connectivity index (χ4v) is 3.07. The van der Waals surface area contributed by atoms with Gasteiger partial charge in [-0.05, 0) is 35.4 Å². The molecule has 1 aliphatic heterocycles. The van der Waals surface area contributed by atoms with E-state index >= 15 is 0 Å². The fourth-order valence-electron chi connectivity index (χ4n) is 3.07. The van der Waals surface area contributed by atoms with Crippen molar-refractivity contribution >= 4 is 17.8 Å². The zero-order valence-corrected chi connectivity index (χ0v) is 15.8. The molecule has 1 atom stereocenters. The molecule has 8 heteroatoms. The number of fused-ring (bicyclic) bond motifs is 1. The van der Waals surface area contributed by atoms with Gasteiger partial charge >= 0.3 is 11.9 Å². The van der Waals surface area contributed by atoms with E-state index in [9.17, 15) is 18.8 Å². The molecule has 0 fully saturated rings. The molecule has 0 spiro atoms. The summed E-state index contributed by atoms with van der Waals surface area (Å²) in [6, 6.07) is 11.9. The minimum Gasteiger partial charge on any atom is -0.482 e. The summed E-state index contributed by atoms with van der Waals surface area (Å²) in [5.74, 6) is -1.92. The van der Waals surface area contributed by atoms with Crippen molar-refractivity contribution in [2.24, 2.45) is 0 Å². The van der Waals surface area contributed by atoms with E-state index in [-0.39, 0.29) is 6.54 Å². The van der Waals surface area contributed by atoms with Crippen molar-refractivity contribution in [3.05, 3.63) is 65.5 Å². The van der Waals surface area contributed by atoms with E-state index < -0.39 is 42.9 Å². The molecule has 0 N–H and O–H groups in total. The van der Waals surface area contributed by atoms with Gasteiger partial charge in [0.15, 0.2) is 13.2 Å². The molecule has 0 unspecified atom stereocenters. The van der Waals surface area contributed by atoms with Crippen molar-refractivity contribution in [1.29, 1.82) is 0 Å². The number of ether oxygens (including phenoxy) is 3. The van der Waals surface area contributed by atoms with Crippen LogP contribution in [-0.2, 0) is 36.8 Å². The van der Waals surface area contributed by atoms with Gasteiger partial charge in [0.2, 0.25) is 0 Å². The Labute approximate surface area is 167 Å². The molecule has 2 aromatic carbocycles. The molecule has 3 rings (SSSR count). The van der Waals surface area contributed by atoms with E-state index in [1.54, 1.807) is 0 Å². The molecule has 0 saturated carbocycles. The van der Waals surface area contributed by atoms with Crippen LogP contribution in [0.4, 0.5) is 4.39 Å². The van der Waals surface area contributed by atoms with E-state index in [0.29, 0.717) is 12.2 Å². The highest BCUT2D eigenvalue weighted by molar-refractivity contribution is 5.87. The lowest BCUT2D eigenvalue weighted by atomic mass is 9.94. The Balaban J connectivity index is 1.57. The first-order valence-electron chi connectivity index (χ1n) is 8.96. The van der Waals surface area contributed by atoms with Gasteiger partial charge in [-0.15, -0.1) is 0 Å². The third-order valence-corrected chi connectivity index (χ3v) is 4.57. The lowest BCUT2D eigenvalue weighted by Crippen LogP contribution is -2.50. The third-order valence-electron chi connectivity index (χ3n) is 4.57. The third kappa shape index (κ3) is 5.10. The van der Waals surface area contributed by atoms with Crippen LogP contribution in [0.2, 0.25) is 0 Å². The van der Waals surface area contributed by atoms with Gasteiger partial charge in [0, 0.05) is 13.0 Å². The lowest BCUT2D eigenvalue weighted by molar-refractivity contribution is -0.160. The number of halogens is 1. The van der Waals surface area contributed by atoms with Crippen LogP contribution in [0.3, 0.4) is 0 Å². The first kappa shape index (κ1) is 20.3. The smallest absolute Gasteiger partial charge is 0.344 e. The molecular formula is C21H20FNO6. The molecule has 1 aliphatic rings. The Bertz CT molecular complexity index is 898. The molecular weight excluding hydrogens is 381 g/mol. The molecule has 0 aliphatic carbocycles. The van der Waals surface area contributed by atoms with Crippen LogP contribution in [0, 0.1) is 5.82 Å². The van der Waals surface area contributed by atoms with Crippen LogP contribution in [0.5, 0.6) is 5.75 Å². The number of carbonyl (C=O) groups excluding carboxylic acids is 3. The summed E-state index contributed by atoms with van der Waals surface area (Å²) < 4.78 is 27.8. The van der Waals surface area contributed by atoms with E-state index in [1.807, 2.05) is 24.3 Å². The number of nitrogens with zero attached hydrogens (tertiary/aromatic N) is 1. The maximum Gasteiger partial charge on any atom is 0.344 e. The summed E-state index contributed by atoms with van der Waals surface area (Å²) in [4.78, 5) is 38.0. The second-order valence-electron chi connectivity index (χ2n) is 6.44. The highest BCUT2D eigenvalue weighted by atomic mass is 19.1. The Morgan fingerprint density at radius 2 is 1.72 bits per heavy atom. The van der Waals surface area contributed by atoms with Crippen LogP contribution in [-0.4, -0.2) is 49.1 Å². The number of esters is 2. The number of hydrogen-bond acceptors (Lipinski definition) is 6. The molecule has 1 heterocycles. The molecule has 0 bridgehead atoms. The van der Waals surface area contributed by atoms with E-state index in [4.69, 9.17) is 14.2 Å². The molecule has 1 amide bonds. The number of carbonyl (C=O) groups is 3. The normalized spacial score (nSPS) is 15.2. The van der Waals surface area contributed by atoms with Gasteiger partial charge in [0.25, 0.3) is 5.91 Å². The van der Waals surface area contributed by atoms with Gasteiger partial charge < -0.3 is 19.1 Å². The van der Waals surface area contributed by atoms with Crippen molar-refractivity contribution in [1.82, 2.24) is 4.90 Å². The number of hydrogen-bond donors (Lipinski definition) is 0. The van der Waals surface area contributed by atoms with Crippen molar-refractivity contribution in [2.75, 3.05) is 20.3 Å². The highest BCUT2D eigenvalue weighted by Crippen LogP contribution is 2.24. The maximum absolute atomic E-state index is 12.9. The monoisotopic (exact) mass is 401 g/mol. The Hall–Kier alpha value is -3.42. The summed E-state index contributed by atoms with van der Waals surface area (Å²) in [7, 11) is 1.26. The Morgan fingerprint density at radius 3 is 2.41 bits per heavy atom. The molecule has 29 heavy (non-hydrogen) atoms. The van der Waals surface area contributed by atoms with Gasteiger partial charge in [0.1, 0.15) is 17.6 Å². The second-order valence-corrected chi connectivity index (χ2v) is 6.44. The van der Waals surface area contributed by atoms with Gasteiger partial charge in [-0.25, -0.2) is 14.0 Å². The molecule has 7 nitrogen and oxygen atoms in total. The lowest BCUT2D eigenvalue weighted by Gasteiger charge is -2.35. The minimum atomic E-state index is -0.781. The van der Waals surface area contributed by atoms with Gasteiger partial charge in [0.05, 0.1) is 7.11 Å². The van der Waals surface area contributed by atoms with Crippen molar-refractivity contribution in [3.8, 4) is 5.75 Å². The standard InChI is InChI=1S/C21H20FNO6/c1-27-21(26)18-10-14-4-2-3-5-15(14)11-23(18)19(24)12-29-20(25)13-28-17-8-6-16(22)7-9-17/h2-9,18H,10-13H2,1H3/t18-/m0/s1. The number of rotatable bonds is 6. The Kier molecular flexibility index (Phi) is 6.43. The number of methoxy groups -OCH3 is 1. The predicted molar refractivity (Wildman–Crippen MR) is 99.4 cm³/mol.